The Morgan fingerprint density at radius 1 is 1.00 bits per heavy atom. The number of amides is 4. The molecule has 1 N–H and O–H groups in total. The van der Waals surface area contributed by atoms with E-state index in [2.05, 4.69) is 5.32 Å². The lowest BCUT2D eigenvalue weighted by atomic mass is 10.1. The van der Waals surface area contributed by atoms with Crippen molar-refractivity contribution in [2.24, 2.45) is 0 Å². The van der Waals surface area contributed by atoms with Crippen LogP contribution in [0.1, 0.15) is 5.69 Å². The van der Waals surface area contributed by atoms with Gasteiger partial charge in [0.05, 0.1) is 26.3 Å². The number of hydrogen-bond acceptors (Lipinski definition) is 5. The standard InChI is InChI=1S/C21H12Cl2N4O5/c22-16-7-2-8-17(18(16)23)26-20(29)15(19(28)24-21(26)30)11-13-6-3-9-25(13)12-4-1-5-14(10-12)27(31)32/h1-11H,(H,24,28,30). The molecule has 4 amide bonds. The molecule has 0 atom stereocenters. The second kappa shape index (κ2) is 8.29. The first-order valence-corrected chi connectivity index (χ1v) is 9.81. The van der Waals surface area contributed by atoms with Crippen molar-refractivity contribution in [3.05, 3.63) is 92.2 Å². The first-order chi connectivity index (χ1) is 15.3. The molecule has 9 nitrogen and oxygen atoms in total. The van der Waals surface area contributed by atoms with E-state index < -0.39 is 22.8 Å². The quantitative estimate of drug-likeness (QED) is 0.263. The fourth-order valence-corrected chi connectivity index (χ4v) is 3.57. The zero-order valence-electron chi connectivity index (χ0n) is 16.0. The van der Waals surface area contributed by atoms with Gasteiger partial charge >= 0.3 is 6.03 Å². The molecular formula is C21H12Cl2N4O5. The first-order valence-electron chi connectivity index (χ1n) is 9.05. The number of urea groups is 1. The van der Waals surface area contributed by atoms with Gasteiger partial charge in [0.15, 0.2) is 0 Å². The van der Waals surface area contributed by atoms with E-state index in [9.17, 15) is 24.5 Å². The smallest absolute Gasteiger partial charge is 0.317 e. The Balaban J connectivity index is 1.77. The molecule has 0 bridgehead atoms. The molecule has 3 aromatic rings. The highest BCUT2D eigenvalue weighted by Crippen LogP contribution is 2.34. The van der Waals surface area contributed by atoms with Crippen molar-refractivity contribution < 1.29 is 19.3 Å². The summed E-state index contributed by atoms with van der Waals surface area (Å²) >= 11 is 12.2. The average Bonchev–Trinajstić information content (AvgIpc) is 3.22. The van der Waals surface area contributed by atoms with Crippen molar-refractivity contribution in [3.8, 4) is 5.69 Å². The predicted molar refractivity (Wildman–Crippen MR) is 118 cm³/mol. The van der Waals surface area contributed by atoms with Gasteiger partial charge in [-0.05, 0) is 36.4 Å². The van der Waals surface area contributed by atoms with E-state index in [-0.39, 0.29) is 27.0 Å². The van der Waals surface area contributed by atoms with Crippen molar-refractivity contribution in [1.82, 2.24) is 9.88 Å². The molecule has 1 aromatic heterocycles. The van der Waals surface area contributed by atoms with Crippen LogP contribution in [0.5, 0.6) is 0 Å². The van der Waals surface area contributed by atoms with Gasteiger partial charge in [0.25, 0.3) is 17.5 Å². The molecule has 1 aliphatic heterocycles. The lowest BCUT2D eigenvalue weighted by molar-refractivity contribution is -0.384. The van der Waals surface area contributed by atoms with E-state index in [0.29, 0.717) is 11.4 Å². The molecule has 11 heteroatoms. The molecule has 2 heterocycles. The lowest BCUT2D eigenvalue weighted by Gasteiger charge is -2.27. The van der Waals surface area contributed by atoms with Crippen LogP contribution >= 0.6 is 23.2 Å². The van der Waals surface area contributed by atoms with E-state index in [1.165, 1.54) is 42.5 Å². The zero-order valence-corrected chi connectivity index (χ0v) is 17.5. The van der Waals surface area contributed by atoms with Crippen LogP contribution in [0.15, 0.2) is 66.4 Å². The third kappa shape index (κ3) is 3.75. The summed E-state index contributed by atoms with van der Waals surface area (Å²) in [5.74, 6) is -1.78. The molecule has 1 fully saturated rings. The van der Waals surface area contributed by atoms with E-state index in [0.717, 1.165) is 4.90 Å². The molecule has 1 saturated heterocycles. The Hall–Kier alpha value is -3.95. The highest BCUT2D eigenvalue weighted by molar-refractivity contribution is 6.46. The van der Waals surface area contributed by atoms with Gasteiger partial charge in [-0.15, -0.1) is 0 Å². The molecule has 4 rings (SSSR count). The van der Waals surface area contributed by atoms with Crippen molar-refractivity contribution in [2.45, 2.75) is 0 Å². The van der Waals surface area contributed by atoms with Crippen LogP contribution in [0.4, 0.5) is 16.2 Å². The van der Waals surface area contributed by atoms with Crippen LogP contribution in [-0.2, 0) is 9.59 Å². The number of anilines is 1. The normalized spacial score (nSPS) is 15.2. The van der Waals surface area contributed by atoms with Gasteiger partial charge in [0.2, 0.25) is 0 Å². The molecule has 0 saturated carbocycles. The minimum atomic E-state index is -0.963. The molecular weight excluding hydrogens is 459 g/mol. The van der Waals surface area contributed by atoms with Crippen LogP contribution in [0, 0.1) is 10.1 Å². The molecule has 1 aliphatic rings. The van der Waals surface area contributed by atoms with E-state index in [1.54, 1.807) is 29.0 Å². The topological polar surface area (TPSA) is 115 Å². The Morgan fingerprint density at radius 3 is 2.50 bits per heavy atom. The van der Waals surface area contributed by atoms with Gasteiger partial charge in [-0.1, -0.05) is 35.3 Å². The largest absolute Gasteiger partial charge is 0.336 e. The number of benzene rings is 2. The Bertz CT molecular complexity index is 1330. The Kier molecular flexibility index (Phi) is 5.52. The van der Waals surface area contributed by atoms with Crippen molar-refractivity contribution in [1.29, 1.82) is 0 Å². The summed E-state index contributed by atoms with van der Waals surface area (Å²) in [6, 6.07) is 12.6. The third-order valence-electron chi connectivity index (χ3n) is 4.67. The number of nitro benzene ring substituents is 1. The van der Waals surface area contributed by atoms with Gasteiger partial charge in [-0.25, -0.2) is 9.69 Å². The van der Waals surface area contributed by atoms with Crippen LogP contribution < -0.4 is 10.2 Å². The molecule has 160 valence electrons. The van der Waals surface area contributed by atoms with Crippen LogP contribution in [0.25, 0.3) is 11.8 Å². The number of imide groups is 2. The van der Waals surface area contributed by atoms with Crippen LogP contribution in [-0.4, -0.2) is 27.3 Å². The molecule has 0 spiro atoms. The summed E-state index contributed by atoms with van der Waals surface area (Å²) in [6.45, 7) is 0. The Labute approximate surface area is 190 Å². The van der Waals surface area contributed by atoms with E-state index in [1.807, 2.05) is 0 Å². The Morgan fingerprint density at radius 2 is 1.75 bits per heavy atom. The van der Waals surface area contributed by atoms with E-state index in [4.69, 9.17) is 23.2 Å². The summed E-state index contributed by atoms with van der Waals surface area (Å²) < 4.78 is 1.56. The first kappa shape index (κ1) is 21.3. The van der Waals surface area contributed by atoms with Gasteiger partial charge in [-0.3, -0.25) is 25.0 Å². The number of non-ortho nitro benzene ring substituents is 1. The maximum absolute atomic E-state index is 13.1. The van der Waals surface area contributed by atoms with Crippen molar-refractivity contribution in [2.75, 3.05) is 4.90 Å². The maximum atomic E-state index is 13.1. The van der Waals surface area contributed by atoms with Gasteiger partial charge in [-0.2, -0.15) is 0 Å². The number of aromatic nitrogens is 1. The number of nitrogens with one attached hydrogen (secondary N) is 1. The summed E-state index contributed by atoms with van der Waals surface area (Å²) in [5, 5.41) is 13.3. The molecule has 0 radical (unpaired) electrons. The van der Waals surface area contributed by atoms with Gasteiger partial charge < -0.3 is 4.57 Å². The van der Waals surface area contributed by atoms with Gasteiger partial charge in [0.1, 0.15) is 5.57 Å². The van der Waals surface area contributed by atoms with Crippen LogP contribution in [0.2, 0.25) is 10.0 Å². The maximum Gasteiger partial charge on any atom is 0.336 e. The number of halogens is 2. The highest BCUT2D eigenvalue weighted by Gasteiger charge is 2.38. The number of hydrogen-bond donors (Lipinski definition) is 1. The zero-order chi connectivity index (χ0) is 23.0. The van der Waals surface area contributed by atoms with Crippen LogP contribution in [0.3, 0.4) is 0 Å². The second-order valence-corrected chi connectivity index (χ2v) is 7.40. The minimum absolute atomic E-state index is 0.0219. The van der Waals surface area contributed by atoms with Crippen molar-refractivity contribution >= 4 is 58.5 Å². The van der Waals surface area contributed by atoms with Gasteiger partial charge in [0, 0.05) is 24.0 Å². The number of carbonyl (C=O) groups is 3. The van der Waals surface area contributed by atoms with E-state index >= 15 is 0 Å². The summed E-state index contributed by atoms with van der Waals surface area (Å²) in [7, 11) is 0. The number of rotatable bonds is 4. The predicted octanol–water partition coefficient (Wildman–Crippen LogP) is 4.36. The number of nitro groups is 1. The second-order valence-electron chi connectivity index (χ2n) is 6.61. The molecule has 0 unspecified atom stereocenters. The molecule has 0 aliphatic carbocycles. The number of carbonyl (C=O) groups excluding carboxylic acids is 3. The summed E-state index contributed by atoms with van der Waals surface area (Å²) in [6.07, 6.45) is 2.90. The lowest BCUT2D eigenvalue weighted by Crippen LogP contribution is -2.54. The highest BCUT2D eigenvalue weighted by atomic mass is 35.5. The fraction of sp³-hybridized carbons (Fsp3) is 0. The summed E-state index contributed by atoms with van der Waals surface area (Å²) in [5.41, 5.74) is 0.412. The fourth-order valence-electron chi connectivity index (χ4n) is 3.19. The average molecular weight is 471 g/mol. The SMILES string of the molecule is O=C1NC(=O)N(c2cccc(Cl)c2Cl)C(=O)C1=Cc1cccn1-c1cccc([N+](=O)[O-])c1. The molecule has 2 aromatic carbocycles. The molecule has 32 heavy (non-hydrogen) atoms. The third-order valence-corrected chi connectivity index (χ3v) is 5.47. The summed E-state index contributed by atoms with van der Waals surface area (Å²) in [4.78, 5) is 49.2. The number of barbiturate groups is 1. The minimum Gasteiger partial charge on any atom is -0.317 e. The monoisotopic (exact) mass is 470 g/mol. The number of nitrogens with zero attached hydrogens (tertiary/aromatic N) is 3. The van der Waals surface area contributed by atoms with Crippen molar-refractivity contribution in [3.63, 3.8) is 0 Å².